The number of fused-ring (bicyclic) bond motifs is 2. The second-order valence-corrected chi connectivity index (χ2v) is 8.51. The van der Waals surface area contributed by atoms with Crippen molar-refractivity contribution in [1.82, 2.24) is 14.6 Å². The lowest BCUT2D eigenvalue weighted by Crippen LogP contribution is -2.46. The molecular weight excluding hydrogens is 416 g/mol. The van der Waals surface area contributed by atoms with Crippen LogP contribution in [0.5, 0.6) is 0 Å². The van der Waals surface area contributed by atoms with E-state index in [1.807, 2.05) is 26.0 Å². The summed E-state index contributed by atoms with van der Waals surface area (Å²) in [5, 5.41) is 4.31. The van der Waals surface area contributed by atoms with Gasteiger partial charge in [-0.2, -0.15) is 5.10 Å². The van der Waals surface area contributed by atoms with Crippen molar-refractivity contribution in [2.75, 3.05) is 18.9 Å². The van der Waals surface area contributed by atoms with Crippen LogP contribution >= 0.6 is 0 Å². The van der Waals surface area contributed by atoms with Crippen LogP contribution in [0.15, 0.2) is 31.1 Å². The molecule has 174 valence electrons. The molecule has 2 aliphatic heterocycles. The van der Waals surface area contributed by atoms with Crippen LogP contribution in [0.2, 0.25) is 0 Å². The summed E-state index contributed by atoms with van der Waals surface area (Å²) in [5.41, 5.74) is 6.23. The molecule has 4 heterocycles. The first kappa shape index (κ1) is 22.5. The van der Waals surface area contributed by atoms with E-state index in [0.717, 1.165) is 25.0 Å². The van der Waals surface area contributed by atoms with Gasteiger partial charge in [0.25, 0.3) is 0 Å². The molecule has 2 fully saturated rings. The van der Waals surface area contributed by atoms with Crippen molar-refractivity contribution in [2.24, 2.45) is 0 Å². The fourth-order valence-electron chi connectivity index (χ4n) is 4.24. The van der Waals surface area contributed by atoms with Crippen molar-refractivity contribution in [1.29, 1.82) is 0 Å². The van der Waals surface area contributed by atoms with Crippen molar-refractivity contribution in [3.63, 3.8) is 0 Å². The van der Waals surface area contributed by atoms with Gasteiger partial charge in [0.05, 0.1) is 12.3 Å². The van der Waals surface area contributed by atoms with Crippen LogP contribution in [0, 0.1) is 0 Å². The molecule has 4 atom stereocenters. The van der Waals surface area contributed by atoms with Crippen LogP contribution < -0.4 is 5.73 Å². The van der Waals surface area contributed by atoms with Crippen LogP contribution in [-0.2, 0) is 23.7 Å². The van der Waals surface area contributed by atoms with E-state index < -0.39 is 35.9 Å². The number of rotatable bonds is 8. The van der Waals surface area contributed by atoms with Crippen LogP contribution in [0.1, 0.15) is 51.8 Å². The maximum absolute atomic E-state index is 12.1. The molecular formula is C22H30N4O6. The Morgan fingerprint density at radius 2 is 2.09 bits per heavy atom. The number of anilines is 1. The molecule has 0 aromatic carbocycles. The molecule has 0 bridgehead atoms. The molecule has 2 saturated heterocycles. The number of nitrogens with zero attached hydrogens (tertiary/aromatic N) is 3. The Morgan fingerprint density at radius 3 is 2.84 bits per heavy atom. The minimum Gasteiger partial charge on any atom is -0.434 e. The standard InChI is InChI=1S/C22H30N4O6/c1-5-7-8-11-28-20(27)29-12-22(6-2)18-17(30-21(3,4)32-18)16(31-22)14-9-10-15-19(23)24-13-25-26(14)15/h6,9-10,13,16-18H,2,5,7-8,11-12H2,1,3-4H3,(H2,23,24,25)/t16-,17-,18-,22+/m0/s1. The number of nitrogens with two attached hydrogens (primary N) is 1. The van der Waals surface area contributed by atoms with Crippen LogP contribution in [0.4, 0.5) is 10.6 Å². The molecule has 0 unspecified atom stereocenters. The predicted molar refractivity (Wildman–Crippen MR) is 115 cm³/mol. The highest BCUT2D eigenvalue weighted by atomic mass is 16.8. The molecule has 4 rings (SSSR count). The second-order valence-electron chi connectivity index (χ2n) is 8.51. The lowest BCUT2D eigenvalue weighted by molar-refractivity contribution is -0.207. The number of hydrogen-bond acceptors (Lipinski definition) is 9. The largest absolute Gasteiger partial charge is 0.508 e. The summed E-state index contributed by atoms with van der Waals surface area (Å²) in [5.74, 6) is -0.498. The van der Waals surface area contributed by atoms with Gasteiger partial charge < -0.3 is 29.4 Å². The zero-order valence-electron chi connectivity index (χ0n) is 18.7. The summed E-state index contributed by atoms with van der Waals surface area (Å²) in [6.07, 6.45) is 3.43. The molecule has 10 heteroatoms. The molecule has 32 heavy (non-hydrogen) atoms. The summed E-state index contributed by atoms with van der Waals surface area (Å²) in [6.45, 7) is 9.86. The normalized spacial score (nSPS) is 28.5. The van der Waals surface area contributed by atoms with E-state index in [4.69, 9.17) is 29.4 Å². The third-order valence-corrected chi connectivity index (χ3v) is 5.79. The predicted octanol–water partition coefficient (Wildman–Crippen LogP) is 3.17. The number of hydrogen-bond donors (Lipinski definition) is 1. The Hall–Kier alpha value is -2.69. The van der Waals surface area contributed by atoms with Crippen LogP contribution in [0.3, 0.4) is 0 Å². The Labute approximate surface area is 186 Å². The maximum Gasteiger partial charge on any atom is 0.508 e. The maximum atomic E-state index is 12.1. The van der Waals surface area contributed by atoms with E-state index in [1.165, 1.54) is 6.33 Å². The molecule has 0 amide bonds. The Morgan fingerprint density at radius 1 is 1.28 bits per heavy atom. The number of aromatic nitrogens is 3. The number of carbonyl (C=O) groups is 1. The second kappa shape index (κ2) is 8.68. The number of nitrogen functional groups attached to an aromatic ring is 1. The highest BCUT2D eigenvalue weighted by Crippen LogP contribution is 2.50. The third-order valence-electron chi connectivity index (χ3n) is 5.79. The minimum absolute atomic E-state index is 0.124. The third kappa shape index (κ3) is 4.05. The van der Waals surface area contributed by atoms with Gasteiger partial charge in [-0.05, 0) is 32.4 Å². The van der Waals surface area contributed by atoms with Crippen molar-refractivity contribution >= 4 is 17.5 Å². The molecule has 0 radical (unpaired) electrons. The first-order valence-corrected chi connectivity index (χ1v) is 10.8. The minimum atomic E-state index is -1.13. The van der Waals surface area contributed by atoms with E-state index in [9.17, 15) is 4.79 Å². The van der Waals surface area contributed by atoms with Gasteiger partial charge in [0.1, 0.15) is 42.4 Å². The topological polar surface area (TPSA) is 119 Å². The van der Waals surface area contributed by atoms with Crippen LogP contribution in [-0.4, -0.2) is 57.6 Å². The van der Waals surface area contributed by atoms with E-state index in [1.54, 1.807) is 10.6 Å². The average molecular weight is 447 g/mol. The van der Waals surface area contributed by atoms with E-state index in [0.29, 0.717) is 17.9 Å². The summed E-state index contributed by atoms with van der Waals surface area (Å²) < 4.78 is 31.0. The highest BCUT2D eigenvalue weighted by molar-refractivity contribution is 5.65. The molecule has 0 saturated carbocycles. The van der Waals surface area contributed by atoms with Gasteiger partial charge in [-0.3, -0.25) is 0 Å². The zero-order valence-corrected chi connectivity index (χ0v) is 18.7. The fourth-order valence-corrected chi connectivity index (χ4v) is 4.24. The number of unbranched alkanes of at least 4 members (excludes halogenated alkanes) is 2. The molecule has 2 aromatic rings. The summed E-state index contributed by atoms with van der Waals surface area (Å²) in [4.78, 5) is 16.1. The summed E-state index contributed by atoms with van der Waals surface area (Å²) in [6, 6.07) is 3.68. The first-order valence-electron chi connectivity index (χ1n) is 10.8. The van der Waals surface area contributed by atoms with Gasteiger partial charge >= 0.3 is 6.16 Å². The first-order chi connectivity index (χ1) is 15.3. The number of ether oxygens (including phenoxy) is 5. The molecule has 10 nitrogen and oxygen atoms in total. The van der Waals surface area contributed by atoms with Gasteiger partial charge in [0, 0.05) is 0 Å². The molecule has 2 aliphatic rings. The van der Waals surface area contributed by atoms with E-state index in [-0.39, 0.29) is 6.61 Å². The Balaban J connectivity index is 1.57. The Kier molecular flexibility index (Phi) is 6.11. The van der Waals surface area contributed by atoms with Gasteiger partial charge in [-0.25, -0.2) is 14.3 Å². The molecule has 0 aliphatic carbocycles. The van der Waals surface area contributed by atoms with Crippen molar-refractivity contribution in [3.8, 4) is 0 Å². The van der Waals surface area contributed by atoms with Crippen molar-refractivity contribution in [3.05, 3.63) is 36.8 Å². The quantitative estimate of drug-likeness (QED) is 0.370. The monoisotopic (exact) mass is 446 g/mol. The lowest BCUT2D eigenvalue weighted by atomic mass is 9.95. The molecule has 2 N–H and O–H groups in total. The van der Waals surface area contributed by atoms with Gasteiger partial charge in [-0.1, -0.05) is 32.4 Å². The van der Waals surface area contributed by atoms with Gasteiger partial charge in [0.2, 0.25) is 0 Å². The van der Waals surface area contributed by atoms with Crippen molar-refractivity contribution in [2.45, 2.75) is 69.7 Å². The molecule has 0 spiro atoms. The van der Waals surface area contributed by atoms with E-state index >= 15 is 0 Å². The van der Waals surface area contributed by atoms with E-state index in [2.05, 4.69) is 23.6 Å². The van der Waals surface area contributed by atoms with Crippen LogP contribution in [0.25, 0.3) is 5.52 Å². The fraction of sp³-hybridized carbons (Fsp3) is 0.591. The zero-order chi connectivity index (χ0) is 22.9. The summed E-state index contributed by atoms with van der Waals surface area (Å²) in [7, 11) is 0. The average Bonchev–Trinajstić information content (AvgIpc) is 3.41. The summed E-state index contributed by atoms with van der Waals surface area (Å²) >= 11 is 0. The lowest BCUT2D eigenvalue weighted by Gasteiger charge is -2.31. The highest BCUT2D eigenvalue weighted by Gasteiger charge is 2.63. The molecule has 2 aromatic heterocycles. The Bertz CT molecular complexity index is 992. The van der Waals surface area contributed by atoms with Gasteiger partial charge in [-0.15, -0.1) is 0 Å². The smallest absolute Gasteiger partial charge is 0.434 e. The number of carbonyl (C=O) groups excluding carboxylic acids is 1. The van der Waals surface area contributed by atoms with Gasteiger partial charge in [0.15, 0.2) is 11.6 Å². The van der Waals surface area contributed by atoms with Crippen molar-refractivity contribution < 1.29 is 28.5 Å². The SMILES string of the molecule is C=C[C@]1(COC(=O)OCCCCC)O[C@@H](c2ccc3c(N)ncnn23)[C@@H]2OC(C)(C)O[C@@H]21.